The smallest absolute Gasteiger partial charge is 0.358 e. The largest absolute Gasteiger partial charge is 3.00 e. The van der Waals surface area contributed by atoms with Crippen LogP contribution >= 0.6 is 0 Å². The fraction of sp³-hybridized carbons (Fsp3) is 0.452. The molecule has 1 atom stereocenters. The molecular weight excluding hydrogens is 478 g/mol. The van der Waals surface area contributed by atoms with Gasteiger partial charge in [0.2, 0.25) is 5.91 Å². The molecule has 1 unspecified atom stereocenters. The molecule has 1 fully saturated rings. The first kappa shape index (κ1) is 33.6. The van der Waals surface area contributed by atoms with Crippen molar-refractivity contribution in [2.45, 2.75) is 83.1 Å². The van der Waals surface area contributed by atoms with Gasteiger partial charge in [0.05, 0.1) is 5.54 Å². The first-order valence-electron chi connectivity index (χ1n) is 12.3. The molecule has 1 N–H and O–H groups in total. The first-order valence-corrected chi connectivity index (χ1v) is 12.3. The number of nitrogens with one attached hydrogen (secondary N) is 1. The van der Waals surface area contributed by atoms with Gasteiger partial charge in [-0.1, -0.05) is 101 Å². The maximum atomic E-state index is 13.7. The van der Waals surface area contributed by atoms with Crippen LogP contribution in [0.15, 0.2) is 71.4 Å². The summed E-state index contributed by atoms with van der Waals surface area (Å²) in [5.74, 6) is 0.306. The molecule has 1 saturated carbocycles. The monoisotopic (exact) mass is 524 g/mol. The number of benzene rings is 1. The summed E-state index contributed by atoms with van der Waals surface area (Å²) in [6.45, 7) is 2.08. The van der Waals surface area contributed by atoms with E-state index in [9.17, 15) is 4.79 Å². The maximum Gasteiger partial charge on any atom is 3.00 e. The zero-order valence-corrected chi connectivity index (χ0v) is 23.0. The van der Waals surface area contributed by atoms with E-state index in [1.807, 2.05) is 6.07 Å². The fourth-order valence-corrected chi connectivity index (χ4v) is 5.30. The van der Waals surface area contributed by atoms with Gasteiger partial charge in [0.15, 0.2) is 0 Å². The van der Waals surface area contributed by atoms with Crippen LogP contribution in [0.25, 0.3) is 0 Å². The van der Waals surface area contributed by atoms with Gasteiger partial charge in [0.25, 0.3) is 0 Å². The predicted molar refractivity (Wildman–Crippen MR) is 152 cm³/mol. The Labute approximate surface area is 234 Å². The van der Waals surface area contributed by atoms with Crippen LogP contribution < -0.4 is 5.32 Å². The number of hydrogen-bond donors (Lipinski definition) is 1. The Hall–Kier alpha value is -1.42. The summed E-state index contributed by atoms with van der Waals surface area (Å²) in [6, 6.07) is 10.4. The molecule has 0 aliphatic heterocycles. The van der Waals surface area contributed by atoms with E-state index in [2.05, 4.69) is 66.9 Å². The minimum atomic E-state index is -0.614. The van der Waals surface area contributed by atoms with Gasteiger partial charge in [-0.05, 0) is 29.4 Å². The molecule has 4 rings (SSSR count). The van der Waals surface area contributed by atoms with Crippen LogP contribution in [0.5, 0.6) is 0 Å². The number of carbonyl (C=O) groups is 1. The molecule has 1 radical (unpaired) electrons. The summed E-state index contributed by atoms with van der Waals surface area (Å²) < 4.78 is 0. The molecule has 0 aromatic heterocycles. The van der Waals surface area contributed by atoms with E-state index in [0.717, 1.165) is 48.0 Å². The van der Waals surface area contributed by atoms with E-state index in [1.54, 1.807) is 0 Å². The molecule has 0 saturated heterocycles. The topological polar surface area (TPSA) is 29.1 Å². The van der Waals surface area contributed by atoms with Crippen LogP contribution in [-0.2, 0) is 32.1 Å². The molecule has 0 spiro atoms. The minimum absolute atomic E-state index is 0. The van der Waals surface area contributed by atoms with Crippen molar-refractivity contribution in [1.82, 2.24) is 5.32 Å². The zero-order valence-electron chi connectivity index (χ0n) is 21.5. The number of rotatable bonds is 3. The Morgan fingerprint density at radius 1 is 0.914 bits per heavy atom. The third-order valence-electron chi connectivity index (χ3n) is 7.04. The van der Waals surface area contributed by atoms with Gasteiger partial charge in [0.1, 0.15) is 0 Å². The van der Waals surface area contributed by atoms with Crippen LogP contribution in [0.1, 0.15) is 83.1 Å². The molecule has 0 bridgehead atoms. The molecule has 1 aromatic carbocycles. The van der Waals surface area contributed by atoms with E-state index in [4.69, 9.17) is 0 Å². The second-order valence-electron chi connectivity index (χ2n) is 9.43. The Morgan fingerprint density at radius 2 is 1.46 bits per heavy atom. The van der Waals surface area contributed by atoms with Gasteiger partial charge < -0.3 is 20.2 Å². The van der Waals surface area contributed by atoms with Crippen molar-refractivity contribution in [2.75, 3.05) is 0 Å². The normalized spacial score (nSPS) is 22.5. The molecule has 1 amide bonds. The van der Waals surface area contributed by atoms with Crippen molar-refractivity contribution < 1.29 is 26.5 Å². The Kier molecular flexibility index (Phi) is 15.7. The first-order chi connectivity index (χ1) is 15.2. The average Bonchev–Trinajstić information content (AvgIpc) is 3.16. The Bertz CT molecular complexity index is 890. The molecule has 1 aromatic rings. The van der Waals surface area contributed by atoms with Crippen molar-refractivity contribution in [1.29, 1.82) is 0 Å². The molecule has 35 heavy (non-hydrogen) atoms. The standard InChI is InChI=1S/C29H36NO.2CH3.H4Si.Ti/c1-23-21-25-17-14-20-29(27(25)22-23,26-18-12-9-13-19-26)30-28(31)24-15-10-7-5-3-2-4-6-8-11-16-24;;;;/h9,12-14,17-20,22,24H,2-8,10-11,15-16H2,1H3,(H,30,31);2*1H3;1H4;/q3*-1;;+3. The van der Waals surface area contributed by atoms with E-state index >= 15 is 0 Å². The molecule has 0 heterocycles. The molecule has 4 heteroatoms. The van der Waals surface area contributed by atoms with Crippen molar-refractivity contribution >= 4 is 16.9 Å². The van der Waals surface area contributed by atoms with E-state index in [-0.39, 0.29) is 59.4 Å². The molecule has 2 nitrogen and oxygen atoms in total. The number of hydrogen-bond acceptors (Lipinski definition) is 1. The number of carbonyl (C=O) groups excluding carboxylic acids is 1. The maximum absolute atomic E-state index is 13.7. The minimum Gasteiger partial charge on any atom is -0.358 e. The summed E-state index contributed by atoms with van der Waals surface area (Å²) in [4.78, 5) is 13.7. The summed E-state index contributed by atoms with van der Waals surface area (Å²) >= 11 is 0. The quantitative estimate of drug-likeness (QED) is 0.353. The van der Waals surface area contributed by atoms with Crippen LogP contribution in [-0.4, -0.2) is 16.9 Å². The van der Waals surface area contributed by atoms with E-state index in [1.165, 1.54) is 44.9 Å². The molecule has 3 aliphatic carbocycles. The van der Waals surface area contributed by atoms with Gasteiger partial charge >= 0.3 is 21.7 Å². The fourth-order valence-electron chi connectivity index (χ4n) is 5.30. The van der Waals surface area contributed by atoms with Gasteiger partial charge in [-0.15, -0.1) is 29.4 Å². The zero-order chi connectivity index (χ0) is 21.5. The van der Waals surface area contributed by atoms with Gasteiger partial charge in [-0.25, -0.2) is 0 Å². The van der Waals surface area contributed by atoms with Gasteiger partial charge in [-0.2, -0.15) is 11.6 Å². The van der Waals surface area contributed by atoms with Crippen molar-refractivity contribution in [3.05, 3.63) is 97.8 Å². The second kappa shape index (κ2) is 16.4. The average molecular weight is 525 g/mol. The molecule has 3 aliphatic rings. The summed E-state index contributed by atoms with van der Waals surface area (Å²) in [7, 11) is 0. The van der Waals surface area contributed by atoms with Crippen LogP contribution in [0.2, 0.25) is 0 Å². The summed E-state index contributed by atoms with van der Waals surface area (Å²) in [5, 5.41) is 3.53. The predicted octanol–water partition coefficient (Wildman–Crippen LogP) is 6.55. The number of allylic oxidation sites excluding steroid dienone is 5. The van der Waals surface area contributed by atoms with Crippen LogP contribution in [0, 0.1) is 26.8 Å². The number of fused-ring (bicyclic) bond motifs is 1. The van der Waals surface area contributed by atoms with Crippen molar-refractivity contribution in [3.8, 4) is 0 Å². The SMILES string of the molecule is CC1=[C-]C2=CC=CC(NC(=O)C3CCCCCCCCCCC3)(c3ccccc3)C2=C1.[CH3-].[CH3-].[SiH4].[Ti+3]. The van der Waals surface area contributed by atoms with Gasteiger partial charge in [-0.3, -0.25) is 4.79 Å². The van der Waals surface area contributed by atoms with E-state index in [0.29, 0.717) is 0 Å². The third-order valence-corrected chi connectivity index (χ3v) is 7.04. The Balaban J connectivity index is 0.00000289. The Morgan fingerprint density at radius 3 is 2.03 bits per heavy atom. The van der Waals surface area contributed by atoms with Gasteiger partial charge in [0, 0.05) is 5.92 Å². The van der Waals surface area contributed by atoms with Crippen LogP contribution in [0.4, 0.5) is 0 Å². The van der Waals surface area contributed by atoms with Crippen molar-refractivity contribution in [3.63, 3.8) is 0 Å². The molecular formula is C31H46NOSiTi. The molecule has 189 valence electrons. The second-order valence-corrected chi connectivity index (χ2v) is 9.43. The van der Waals surface area contributed by atoms with Crippen LogP contribution in [0.3, 0.4) is 0 Å². The third kappa shape index (κ3) is 8.30. The summed E-state index contributed by atoms with van der Waals surface area (Å²) in [5.41, 5.74) is 3.84. The van der Waals surface area contributed by atoms with E-state index < -0.39 is 5.54 Å². The van der Waals surface area contributed by atoms with Crippen molar-refractivity contribution in [2.24, 2.45) is 5.92 Å². The summed E-state index contributed by atoms with van der Waals surface area (Å²) in [6.07, 6.45) is 25.5. The number of amides is 1.